The van der Waals surface area contributed by atoms with Gasteiger partial charge in [-0.15, -0.1) is 11.3 Å². The smallest absolute Gasteiger partial charge is 0.164 e. The van der Waals surface area contributed by atoms with Gasteiger partial charge >= 0.3 is 0 Å². The van der Waals surface area contributed by atoms with E-state index in [0.717, 1.165) is 73.6 Å². The third kappa shape index (κ3) is 4.39. The van der Waals surface area contributed by atoms with Gasteiger partial charge in [0.25, 0.3) is 0 Å². The molecule has 0 atom stereocenters. The number of thiophene rings is 1. The van der Waals surface area contributed by atoms with Crippen LogP contribution in [0.4, 0.5) is 0 Å². The van der Waals surface area contributed by atoms with E-state index in [1.54, 1.807) is 0 Å². The molecule has 0 saturated heterocycles. The Bertz CT molecular complexity index is 2740. The van der Waals surface area contributed by atoms with Crippen molar-refractivity contribution in [2.24, 2.45) is 0 Å². The van der Waals surface area contributed by atoms with E-state index >= 15 is 0 Å². The molecule has 10 rings (SSSR count). The standard InChI is InChI=1S/C43H27N3OS/c1-2-10-26(11-3-1)41-44-42(46-43(45-41)34-15-9-19-38-40(34)33-13-5-7-18-37(33)48-38)30-23-21-27-24-29(22-20-28(27)25-30)31-14-8-17-36-39(31)32-12-4-6-16-35(32)47-36/h1-8,10-18,20-25H,9,19H2. The van der Waals surface area contributed by atoms with E-state index in [4.69, 9.17) is 19.4 Å². The molecule has 0 N–H and O–H groups in total. The van der Waals surface area contributed by atoms with Crippen LogP contribution in [-0.2, 0) is 6.42 Å². The summed E-state index contributed by atoms with van der Waals surface area (Å²) < 4.78 is 7.48. The third-order valence-corrected chi connectivity index (χ3v) is 10.6. The van der Waals surface area contributed by atoms with Crippen LogP contribution in [0.3, 0.4) is 0 Å². The first-order chi connectivity index (χ1) is 23.8. The Morgan fingerprint density at radius 2 is 1.23 bits per heavy atom. The van der Waals surface area contributed by atoms with Gasteiger partial charge in [-0.1, -0.05) is 109 Å². The van der Waals surface area contributed by atoms with Gasteiger partial charge < -0.3 is 4.42 Å². The van der Waals surface area contributed by atoms with Crippen molar-refractivity contribution in [1.82, 2.24) is 15.0 Å². The van der Waals surface area contributed by atoms with Gasteiger partial charge in [0.15, 0.2) is 17.5 Å². The highest BCUT2D eigenvalue weighted by Gasteiger charge is 2.23. The molecule has 0 fully saturated rings. The molecular weight excluding hydrogens is 607 g/mol. The van der Waals surface area contributed by atoms with Crippen LogP contribution in [0.1, 0.15) is 22.7 Å². The number of para-hydroxylation sites is 1. The average Bonchev–Trinajstić information content (AvgIpc) is 3.73. The van der Waals surface area contributed by atoms with E-state index in [1.807, 2.05) is 47.7 Å². The molecule has 3 aromatic heterocycles. The van der Waals surface area contributed by atoms with Crippen molar-refractivity contribution in [3.8, 4) is 33.9 Å². The SMILES string of the molecule is C1=C(c2nc(-c3ccccc3)nc(-c3ccc4cc(-c5cccc6oc7ccccc7c56)ccc4c3)n2)c2c(sc3ccccc23)CC1. The second-order valence-electron chi connectivity index (χ2n) is 12.3. The lowest BCUT2D eigenvalue weighted by Crippen LogP contribution is -2.06. The summed E-state index contributed by atoms with van der Waals surface area (Å²) in [5.74, 6) is 2.07. The monoisotopic (exact) mass is 633 g/mol. The van der Waals surface area contributed by atoms with Gasteiger partial charge in [-0.25, -0.2) is 15.0 Å². The topological polar surface area (TPSA) is 51.8 Å². The maximum Gasteiger partial charge on any atom is 0.164 e. The van der Waals surface area contributed by atoms with E-state index < -0.39 is 0 Å². The number of rotatable bonds is 4. The Morgan fingerprint density at radius 3 is 2.10 bits per heavy atom. The molecule has 4 nitrogen and oxygen atoms in total. The van der Waals surface area contributed by atoms with Crippen LogP contribution in [0.15, 0.2) is 144 Å². The lowest BCUT2D eigenvalue weighted by atomic mass is 9.94. The normalized spacial score (nSPS) is 13.0. The van der Waals surface area contributed by atoms with Crippen LogP contribution >= 0.6 is 11.3 Å². The fourth-order valence-corrected chi connectivity index (χ4v) is 8.36. The van der Waals surface area contributed by atoms with E-state index in [-0.39, 0.29) is 0 Å². The minimum absolute atomic E-state index is 0.673. The van der Waals surface area contributed by atoms with Gasteiger partial charge in [-0.2, -0.15) is 0 Å². The number of hydrogen-bond acceptors (Lipinski definition) is 5. The van der Waals surface area contributed by atoms with Gasteiger partial charge in [0.05, 0.1) is 0 Å². The summed E-state index contributed by atoms with van der Waals surface area (Å²) in [6, 6.07) is 46.6. The van der Waals surface area contributed by atoms with Crippen LogP contribution in [0.5, 0.6) is 0 Å². The molecule has 0 spiro atoms. The summed E-state index contributed by atoms with van der Waals surface area (Å²) in [5, 5.41) is 5.84. The quantitative estimate of drug-likeness (QED) is 0.193. The van der Waals surface area contributed by atoms with Crippen LogP contribution < -0.4 is 0 Å². The Morgan fingerprint density at radius 1 is 0.542 bits per heavy atom. The highest BCUT2D eigenvalue weighted by atomic mass is 32.1. The zero-order valence-electron chi connectivity index (χ0n) is 25.9. The summed E-state index contributed by atoms with van der Waals surface area (Å²) >= 11 is 1.88. The Kier molecular flexibility index (Phi) is 6.14. The zero-order valence-corrected chi connectivity index (χ0v) is 26.7. The number of aryl methyl sites for hydroxylation is 1. The second-order valence-corrected chi connectivity index (χ2v) is 13.4. The highest BCUT2D eigenvalue weighted by Crippen LogP contribution is 2.42. The predicted octanol–water partition coefficient (Wildman–Crippen LogP) is 11.5. The van der Waals surface area contributed by atoms with E-state index in [2.05, 4.69) is 103 Å². The number of furan rings is 1. The van der Waals surface area contributed by atoms with Gasteiger partial charge in [-0.05, 0) is 65.1 Å². The first-order valence-electron chi connectivity index (χ1n) is 16.2. The largest absolute Gasteiger partial charge is 0.456 e. The molecule has 9 aromatic rings. The van der Waals surface area contributed by atoms with Gasteiger partial charge in [0.1, 0.15) is 11.2 Å². The number of benzene rings is 6. The van der Waals surface area contributed by atoms with Crippen molar-refractivity contribution >= 4 is 59.7 Å². The first kappa shape index (κ1) is 27.2. The summed E-state index contributed by atoms with van der Waals surface area (Å²) in [5.41, 5.74) is 8.43. The maximum absolute atomic E-state index is 6.18. The zero-order chi connectivity index (χ0) is 31.6. The molecule has 0 aliphatic heterocycles. The molecular formula is C43H27N3OS. The molecule has 6 aromatic carbocycles. The summed E-state index contributed by atoms with van der Waals surface area (Å²) in [4.78, 5) is 16.7. The van der Waals surface area contributed by atoms with E-state index in [0.29, 0.717) is 11.6 Å². The summed E-state index contributed by atoms with van der Waals surface area (Å²) in [6.07, 6.45) is 4.32. The Hall–Kier alpha value is -5.91. The Labute approximate surface area is 280 Å². The Balaban J connectivity index is 1.11. The minimum atomic E-state index is 0.673. The van der Waals surface area contributed by atoms with E-state index in [1.165, 1.54) is 26.1 Å². The fourth-order valence-electron chi connectivity index (χ4n) is 7.13. The molecule has 5 heteroatoms. The van der Waals surface area contributed by atoms with Crippen LogP contribution in [0.25, 0.3) is 82.3 Å². The molecule has 0 amide bonds. The molecule has 0 bridgehead atoms. The van der Waals surface area contributed by atoms with Gasteiger partial charge in [0, 0.05) is 48.0 Å². The van der Waals surface area contributed by atoms with E-state index in [9.17, 15) is 0 Å². The van der Waals surface area contributed by atoms with Crippen molar-refractivity contribution in [2.75, 3.05) is 0 Å². The molecule has 0 radical (unpaired) electrons. The van der Waals surface area contributed by atoms with Crippen molar-refractivity contribution in [2.45, 2.75) is 12.8 Å². The number of allylic oxidation sites excluding steroid dienone is 1. The number of hydrogen-bond donors (Lipinski definition) is 0. The summed E-state index contributed by atoms with van der Waals surface area (Å²) in [6.45, 7) is 0. The fraction of sp³-hybridized carbons (Fsp3) is 0.0465. The van der Waals surface area contributed by atoms with Gasteiger partial charge in [0.2, 0.25) is 0 Å². The average molecular weight is 634 g/mol. The van der Waals surface area contributed by atoms with Crippen molar-refractivity contribution in [1.29, 1.82) is 0 Å². The molecule has 1 aliphatic carbocycles. The molecule has 0 unspecified atom stereocenters. The molecule has 0 saturated carbocycles. The molecule has 48 heavy (non-hydrogen) atoms. The third-order valence-electron chi connectivity index (χ3n) is 9.38. The van der Waals surface area contributed by atoms with Crippen molar-refractivity contribution in [3.05, 3.63) is 156 Å². The van der Waals surface area contributed by atoms with Crippen molar-refractivity contribution in [3.63, 3.8) is 0 Å². The lowest BCUT2D eigenvalue weighted by molar-refractivity contribution is 0.669. The predicted molar refractivity (Wildman–Crippen MR) is 198 cm³/mol. The second kappa shape index (κ2) is 10.8. The number of fused-ring (bicyclic) bond motifs is 7. The molecule has 3 heterocycles. The van der Waals surface area contributed by atoms with Crippen LogP contribution in [0, 0.1) is 0 Å². The van der Waals surface area contributed by atoms with Crippen molar-refractivity contribution < 1.29 is 4.42 Å². The van der Waals surface area contributed by atoms with Gasteiger partial charge in [-0.3, -0.25) is 0 Å². The first-order valence-corrected chi connectivity index (χ1v) is 17.1. The maximum atomic E-state index is 6.18. The summed E-state index contributed by atoms with van der Waals surface area (Å²) in [7, 11) is 0. The van der Waals surface area contributed by atoms with Crippen LogP contribution in [0.2, 0.25) is 0 Å². The lowest BCUT2D eigenvalue weighted by Gasteiger charge is -2.15. The van der Waals surface area contributed by atoms with Crippen LogP contribution in [-0.4, -0.2) is 15.0 Å². The molecule has 226 valence electrons. The molecule has 1 aliphatic rings. The minimum Gasteiger partial charge on any atom is -0.456 e. The number of aromatic nitrogens is 3. The highest BCUT2D eigenvalue weighted by molar-refractivity contribution is 7.19. The number of nitrogens with zero attached hydrogens (tertiary/aromatic N) is 3.